The van der Waals surface area contributed by atoms with Crippen molar-refractivity contribution < 1.29 is 8.85 Å². The van der Waals surface area contributed by atoms with Crippen molar-refractivity contribution in [2.45, 2.75) is 43.7 Å². The topological polar surface area (TPSA) is 18.5 Å². The summed E-state index contributed by atoms with van der Waals surface area (Å²) in [5.41, 5.74) is 1.61. The van der Waals surface area contributed by atoms with Crippen LogP contribution < -0.4 is 0 Å². The van der Waals surface area contributed by atoms with E-state index in [1.807, 2.05) is 14.2 Å². The Morgan fingerprint density at radius 2 is 1.85 bits per heavy atom. The Morgan fingerprint density at radius 3 is 2.15 bits per heavy atom. The monoisotopic (exact) mass is 200 g/mol. The SMILES string of the molecule is CCC1CC1[Si](OC)(OC)C1CC1. The fourth-order valence-corrected chi connectivity index (χ4v) is 7.24. The fourth-order valence-electron chi connectivity index (χ4n) is 2.70. The lowest BCUT2D eigenvalue weighted by atomic mass is 10.3. The largest absolute Gasteiger partial charge is 0.397 e. The molecular formula is C10H20O2Si. The molecule has 76 valence electrons. The van der Waals surface area contributed by atoms with Crippen LogP contribution in [0.5, 0.6) is 0 Å². The highest BCUT2D eigenvalue weighted by atomic mass is 28.4. The molecule has 2 saturated carbocycles. The summed E-state index contributed by atoms with van der Waals surface area (Å²) in [6.07, 6.45) is 5.36. The molecule has 2 fully saturated rings. The van der Waals surface area contributed by atoms with Crippen LogP contribution in [-0.4, -0.2) is 22.8 Å². The lowest BCUT2D eigenvalue weighted by Gasteiger charge is -2.27. The van der Waals surface area contributed by atoms with Crippen LogP contribution in [0.4, 0.5) is 0 Å². The Labute approximate surface area is 81.9 Å². The van der Waals surface area contributed by atoms with Crippen molar-refractivity contribution >= 4 is 8.56 Å². The minimum Gasteiger partial charge on any atom is -0.397 e. The first-order valence-corrected chi connectivity index (χ1v) is 7.35. The predicted molar refractivity (Wildman–Crippen MR) is 54.9 cm³/mol. The lowest BCUT2D eigenvalue weighted by molar-refractivity contribution is 0.235. The second-order valence-corrected chi connectivity index (χ2v) is 8.23. The van der Waals surface area contributed by atoms with E-state index in [1.165, 1.54) is 25.7 Å². The van der Waals surface area contributed by atoms with Gasteiger partial charge in [-0.2, -0.15) is 0 Å². The van der Waals surface area contributed by atoms with Gasteiger partial charge in [0.05, 0.1) is 0 Å². The van der Waals surface area contributed by atoms with Crippen LogP contribution in [0, 0.1) is 5.92 Å². The molecule has 0 aliphatic heterocycles. The molecule has 0 amide bonds. The summed E-state index contributed by atoms with van der Waals surface area (Å²) in [4.78, 5) is 0. The van der Waals surface area contributed by atoms with E-state index in [4.69, 9.17) is 8.85 Å². The van der Waals surface area contributed by atoms with Gasteiger partial charge in [-0.05, 0) is 25.2 Å². The predicted octanol–water partition coefficient (Wildman–Crippen LogP) is 2.69. The smallest absolute Gasteiger partial charge is 0.344 e. The average molecular weight is 200 g/mol. The maximum atomic E-state index is 5.78. The van der Waals surface area contributed by atoms with Gasteiger partial charge in [0.2, 0.25) is 0 Å². The molecular weight excluding hydrogens is 180 g/mol. The Hall–Kier alpha value is 0.137. The molecule has 0 spiro atoms. The van der Waals surface area contributed by atoms with Crippen LogP contribution in [0.15, 0.2) is 0 Å². The van der Waals surface area contributed by atoms with Gasteiger partial charge in [-0.3, -0.25) is 0 Å². The molecule has 13 heavy (non-hydrogen) atoms. The minimum absolute atomic E-state index is 0.806. The minimum atomic E-state index is -1.76. The van der Waals surface area contributed by atoms with Crippen molar-refractivity contribution in [1.29, 1.82) is 0 Å². The summed E-state index contributed by atoms with van der Waals surface area (Å²) < 4.78 is 11.6. The molecule has 2 aliphatic carbocycles. The molecule has 0 saturated heterocycles. The third-order valence-electron chi connectivity index (χ3n) is 3.75. The quantitative estimate of drug-likeness (QED) is 0.635. The molecule has 2 nitrogen and oxygen atoms in total. The fraction of sp³-hybridized carbons (Fsp3) is 1.00. The zero-order valence-corrected chi connectivity index (χ0v) is 9.88. The normalized spacial score (nSPS) is 33.5. The van der Waals surface area contributed by atoms with E-state index in [1.54, 1.807) is 0 Å². The molecule has 2 unspecified atom stereocenters. The molecule has 0 bridgehead atoms. The van der Waals surface area contributed by atoms with Gasteiger partial charge in [-0.15, -0.1) is 0 Å². The van der Waals surface area contributed by atoms with E-state index in [9.17, 15) is 0 Å². The highest BCUT2D eigenvalue weighted by Gasteiger charge is 2.63. The molecule has 0 aromatic rings. The van der Waals surface area contributed by atoms with Gasteiger partial charge < -0.3 is 8.85 Å². The summed E-state index contributed by atoms with van der Waals surface area (Å²) in [7, 11) is 1.96. The summed E-state index contributed by atoms with van der Waals surface area (Å²) in [5, 5.41) is 0. The highest BCUT2D eigenvalue weighted by molar-refractivity contribution is 6.72. The van der Waals surface area contributed by atoms with Crippen LogP contribution >= 0.6 is 0 Å². The zero-order chi connectivity index (χ0) is 9.47. The first-order chi connectivity index (χ1) is 6.28. The van der Waals surface area contributed by atoms with Crippen LogP contribution in [0.2, 0.25) is 11.1 Å². The van der Waals surface area contributed by atoms with E-state index in [0.717, 1.165) is 17.0 Å². The van der Waals surface area contributed by atoms with Gasteiger partial charge in [0.25, 0.3) is 0 Å². The summed E-state index contributed by atoms with van der Waals surface area (Å²) in [6, 6.07) is 0. The third kappa shape index (κ3) is 1.47. The van der Waals surface area contributed by atoms with E-state index < -0.39 is 8.56 Å². The molecule has 0 aromatic carbocycles. The summed E-state index contributed by atoms with van der Waals surface area (Å²) in [5.74, 6) is 0.909. The summed E-state index contributed by atoms with van der Waals surface area (Å²) in [6.45, 7) is 2.28. The first-order valence-electron chi connectivity index (χ1n) is 5.38. The van der Waals surface area contributed by atoms with E-state index in [2.05, 4.69) is 6.92 Å². The molecule has 2 atom stereocenters. The van der Waals surface area contributed by atoms with Gasteiger partial charge in [-0.25, -0.2) is 0 Å². The molecule has 2 rings (SSSR count). The van der Waals surface area contributed by atoms with Gasteiger partial charge in [0.15, 0.2) is 0 Å². The number of rotatable bonds is 5. The van der Waals surface area contributed by atoms with E-state index in [-0.39, 0.29) is 0 Å². The van der Waals surface area contributed by atoms with Gasteiger partial charge >= 0.3 is 8.56 Å². The second kappa shape index (κ2) is 3.37. The number of hydrogen-bond acceptors (Lipinski definition) is 2. The van der Waals surface area contributed by atoms with Crippen molar-refractivity contribution in [2.24, 2.45) is 5.92 Å². The Kier molecular flexibility index (Phi) is 2.51. The van der Waals surface area contributed by atoms with Crippen LogP contribution in [0.25, 0.3) is 0 Å². The molecule has 2 aliphatic rings. The Morgan fingerprint density at radius 1 is 1.23 bits per heavy atom. The molecule has 3 heteroatoms. The van der Waals surface area contributed by atoms with Crippen molar-refractivity contribution in [3.8, 4) is 0 Å². The maximum Gasteiger partial charge on any atom is 0.344 e. The van der Waals surface area contributed by atoms with Crippen molar-refractivity contribution in [3.63, 3.8) is 0 Å². The highest BCUT2D eigenvalue weighted by Crippen LogP contribution is 2.62. The van der Waals surface area contributed by atoms with Gasteiger partial charge in [-0.1, -0.05) is 13.3 Å². The van der Waals surface area contributed by atoms with Gasteiger partial charge in [0, 0.05) is 25.3 Å². The van der Waals surface area contributed by atoms with Crippen molar-refractivity contribution in [1.82, 2.24) is 0 Å². The van der Waals surface area contributed by atoms with Crippen molar-refractivity contribution in [3.05, 3.63) is 0 Å². The zero-order valence-electron chi connectivity index (χ0n) is 8.88. The maximum absolute atomic E-state index is 5.78. The molecule has 0 heterocycles. The number of hydrogen-bond donors (Lipinski definition) is 0. The van der Waals surface area contributed by atoms with Crippen molar-refractivity contribution in [2.75, 3.05) is 14.2 Å². The molecule has 0 N–H and O–H groups in total. The van der Waals surface area contributed by atoms with E-state index >= 15 is 0 Å². The lowest BCUT2D eigenvalue weighted by Crippen LogP contribution is -2.42. The molecule has 0 aromatic heterocycles. The Bertz CT molecular complexity index is 187. The van der Waals surface area contributed by atoms with Crippen LogP contribution in [0.3, 0.4) is 0 Å². The second-order valence-electron chi connectivity index (χ2n) is 4.41. The Balaban J connectivity index is 2.04. The standard InChI is InChI=1S/C10H20O2Si/c1-4-8-7-10(8)13(11-2,12-3)9-5-6-9/h8-10H,4-7H2,1-3H3. The molecule has 0 radical (unpaired) electrons. The van der Waals surface area contributed by atoms with E-state index in [0.29, 0.717) is 0 Å². The average Bonchev–Trinajstić information content (AvgIpc) is 3.02. The van der Waals surface area contributed by atoms with Gasteiger partial charge in [0.1, 0.15) is 0 Å². The summed E-state index contributed by atoms with van der Waals surface area (Å²) >= 11 is 0. The third-order valence-corrected chi connectivity index (χ3v) is 8.48. The first kappa shape index (κ1) is 9.68. The van der Waals surface area contributed by atoms with Crippen LogP contribution in [-0.2, 0) is 8.85 Å². The van der Waals surface area contributed by atoms with Crippen LogP contribution in [0.1, 0.15) is 32.6 Å².